The van der Waals surface area contributed by atoms with Crippen molar-refractivity contribution in [3.8, 4) is 5.75 Å². The summed E-state index contributed by atoms with van der Waals surface area (Å²) in [5.41, 5.74) is 6.83. The number of amides is 2. The van der Waals surface area contributed by atoms with Crippen LogP contribution in [0.3, 0.4) is 0 Å². The highest BCUT2D eigenvalue weighted by Crippen LogP contribution is 2.29. The minimum atomic E-state index is -0.287. The van der Waals surface area contributed by atoms with Gasteiger partial charge in [0.25, 0.3) is 0 Å². The summed E-state index contributed by atoms with van der Waals surface area (Å²) in [6, 6.07) is 7.02. The Morgan fingerprint density at radius 1 is 1.47 bits per heavy atom. The molecule has 102 valence electrons. The number of aliphatic imine (C=N–C) groups is 1. The van der Waals surface area contributed by atoms with Gasteiger partial charge in [-0.2, -0.15) is 4.99 Å². The van der Waals surface area contributed by atoms with Crippen LogP contribution < -0.4 is 10.5 Å². The number of carbonyl (C=O) groups excluding carboxylic acids is 1. The monoisotopic (exact) mass is 261 g/mol. The second-order valence-electron chi connectivity index (χ2n) is 5.04. The number of rotatable bonds is 4. The van der Waals surface area contributed by atoms with Gasteiger partial charge in [0.2, 0.25) is 0 Å². The lowest BCUT2D eigenvalue weighted by molar-refractivity contribution is 0.198. The third-order valence-corrected chi connectivity index (χ3v) is 3.03. The zero-order valence-electron chi connectivity index (χ0n) is 11.5. The predicted octanol–water partition coefficient (Wildman–Crippen LogP) is 2.19. The summed E-state index contributed by atoms with van der Waals surface area (Å²) >= 11 is 0. The van der Waals surface area contributed by atoms with Gasteiger partial charge >= 0.3 is 6.03 Å². The van der Waals surface area contributed by atoms with Crippen LogP contribution in [-0.2, 0) is 0 Å². The highest BCUT2D eigenvalue weighted by Gasteiger charge is 2.34. The van der Waals surface area contributed by atoms with Crippen LogP contribution in [0.4, 0.5) is 4.79 Å². The van der Waals surface area contributed by atoms with E-state index in [1.807, 2.05) is 24.3 Å². The summed E-state index contributed by atoms with van der Waals surface area (Å²) in [4.78, 5) is 17.5. The summed E-state index contributed by atoms with van der Waals surface area (Å²) in [5.74, 6) is 1.45. The average molecular weight is 261 g/mol. The van der Waals surface area contributed by atoms with Crippen molar-refractivity contribution in [1.29, 1.82) is 0 Å². The number of hydrogen-bond acceptors (Lipinski definition) is 3. The fourth-order valence-electron chi connectivity index (χ4n) is 2.25. The first-order chi connectivity index (χ1) is 9.02. The van der Waals surface area contributed by atoms with Crippen LogP contribution in [0.1, 0.15) is 25.5 Å². The molecule has 1 aromatic carbocycles. The standard InChI is InChI=1S/C14H19N3O2/c1-9(2)8-17-12(13(15)16-14(17)18)10-5-4-6-11(7-10)19-3/h4-7,9,12H,8H2,1-3H3,(H2,15,16,18). The number of hydrogen-bond donors (Lipinski definition) is 1. The molecule has 1 unspecified atom stereocenters. The van der Waals surface area contributed by atoms with E-state index in [1.54, 1.807) is 12.0 Å². The van der Waals surface area contributed by atoms with Crippen molar-refractivity contribution in [3.05, 3.63) is 29.8 Å². The molecule has 0 spiro atoms. The summed E-state index contributed by atoms with van der Waals surface area (Å²) in [6.45, 7) is 4.75. The molecule has 0 fully saturated rings. The van der Waals surface area contributed by atoms with Crippen LogP contribution in [0.15, 0.2) is 29.3 Å². The molecular formula is C14H19N3O2. The summed E-state index contributed by atoms with van der Waals surface area (Å²) in [6.07, 6.45) is 0. The van der Waals surface area contributed by atoms with Crippen molar-refractivity contribution >= 4 is 11.9 Å². The highest BCUT2D eigenvalue weighted by atomic mass is 16.5. The molecule has 0 radical (unpaired) electrons. The van der Waals surface area contributed by atoms with Gasteiger partial charge in [0.1, 0.15) is 17.6 Å². The molecule has 2 amide bonds. The van der Waals surface area contributed by atoms with Gasteiger partial charge < -0.3 is 15.4 Å². The Hall–Kier alpha value is -2.04. The van der Waals surface area contributed by atoms with Crippen LogP contribution in [0.2, 0.25) is 0 Å². The van der Waals surface area contributed by atoms with Gasteiger partial charge in [-0.3, -0.25) is 0 Å². The maximum absolute atomic E-state index is 11.9. The molecule has 1 aliphatic rings. The number of carbonyl (C=O) groups is 1. The van der Waals surface area contributed by atoms with Crippen molar-refractivity contribution in [2.45, 2.75) is 19.9 Å². The molecule has 0 saturated heterocycles. The summed E-state index contributed by atoms with van der Waals surface area (Å²) in [5, 5.41) is 0. The number of urea groups is 1. The Morgan fingerprint density at radius 2 is 2.21 bits per heavy atom. The second-order valence-corrected chi connectivity index (χ2v) is 5.04. The molecule has 0 aromatic heterocycles. The van der Waals surface area contributed by atoms with E-state index in [0.29, 0.717) is 18.3 Å². The molecule has 0 aliphatic carbocycles. The van der Waals surface area contributed by atoms with E-state index in [9.17, 15) is 4.79 Å². The third-order valence-electron chi connectivity index (χ3n) is 3.03. The molecule has 2 N–H and O–H groups in total. The molecule has 5 nitrogen and oxygen atoms in total. The SMILES string of the molecule is COc1cccc(C2C(N)=NC(=O)N2CC(C)C)c1. The maximum atomic E-state index is 11.9. The molecule has 0 saturated carbocycles. The predicted molar refractivity (Wildman–Crippen MR) is 74.3 cm³/mol. The normalized spacial score (nSPS) is 18.9. The quantitative estimate of drug-likeness (QED) is 0.903. The number of benzene rings is 1. The molecular weight excluding hydrogens is 242 g/mol. The van der Waals surface area contributed by atoms with Gasteiger partial charge in [-0.05, 0) is 23.6 Å². The first-order valence-electron chi connectivity index (χ1n) is 6.31. The van der Waals surface area contributed by atoms with Crippen LogP contribution >= 0.6 is 0 Å². The number of methoxy groups -OCH3 is 1. The molecule has 2 rings (SSSR count). The molecule has 1 aliphatic heterocycles. The largest absolute Gasteiger partial charge is 0.497 e. The Bertz CT molecular complexity index is 511. The molecule has 1 heterocycles. The molecule has 1 aromatic rings. The number of ether oxygens (including phenoxy) is 1. The van der Waals surface area contributed by atoms with Crippen molar-refractivity contribution in [1.82, 2.24) is 4.90 Å². The average Bonchev–Trinajstić information content (AvgIpc) is 2.63. The van der Waals surface area contributed by atoms with Crippen molar-refractivity contribution in [2.24, 2.45) is 16.6 Å². The Kier molecular flexibility index (Phi) is 3.74. The van der Waals surface area contributed by atoms with Crippen LogP contribution in [0, 0.1) is 5.92 Å². The second kappa shape index (κ2) is 5.30. The Labute approximate surface area is 113 Å². The number of amidine groups is 1. The lowest BCUT2D eigenvalue weighted by Crippen LogP contribution is -2.35. The van der Waals surface area contributed by atoms with Crippen molar-refractivity contribution < 1.29 is 9.53 Å². The summed E-state index contributed by atoms with van der Waals surface area (Å²) in [7, 11) is 1.61. The first-order valence-corrected chi connectivity index (χ1v) is 6.31. The number of nitrogens with two attached hydrogens (primary N) is 1. The molecule has 5 heteroatoms. The van der Waals surface area contributed by atoms with E-state index in [2.05, 4.69) is 18.8 Å². The highest BCUT2D eigenvalue weighted by molar-refractivity contribution is 6.03. The van der Waals surface area contributed by atoms with Crippen LogP contribution in [0.25, 0.3) is 0 Å². The van der Waals surface area contributed by atoms with Gasteiger partial charge in [-0.1, -0.05) is 26.0 Å². The topological polar surface area (TPSA) is 67.9 Å². The third kappa shape index (κ3) is 2.70. The van der Waals surface area contributed by atoms with E-state index < -0.39 is 0 Å². The smallest absolute Gasteiger partial charge is 0.346 e. The van der Waals surface area contributed by atoms with E-state index >= 15 is 0 Å². The van der Waals surface area contributed by atoms with E-state index in [1.165, 1.54) is 0 Å². The lowest BCUT2D eigenvalue weighted by Gasteiger charge is -2.26. The zero-order valence-corrected chi connectivity index (χ0v) is 11.5. The van der Waals surface area contributed by atoms with Crippen LogP contribution in [0.5, 0.6) is 5.75 Å². The van der Waals surface area contributed by atoms with Crippen molar-refractivity contribution in [3.63, 3.8) is 0 Å². The van der Waals surface area contributed by atoms with E-state index in [4.69, 9.17) is 10.5 Å². The lowest BCUT2D eigenvalue weighted by atomic mass is 10.0. The van der Waals surface area contributed by atoms with E-state index in [0.717, 1.165) is 11.3 Å². The Morgan fingerprint density at radius 3 is 2.84 bits per heavy atom. The van der Waals surface area contributed by atoms with Crippen molar-refractivity contribution in [2.75, 3.05) is 13.7 Å². The first kappa shape index (κ1) is 13.4. The fourth-order valence-corrected chi connectivity index (χ4v) is 2.25. The van der Waals surface area contributed by atoms with Gasteiger partial charge in [-0.25, -0.2) is 4.79 Å². The minimum absolute atomic E-state index is 0.265. The molecule has 0 bridgehead atoms. The minimum Gasteiger partial charge on any atom is -0.497 e. The van der Waals surface area contributed by atoms with Gasteiger partial charge in [0, 0.05) is 6.54 Å². The molecule has 1 atom stereocenters. The maximum Gasteiger partial charge on any atom is 0.346 e. The summed E-state index contributed by atoms with van der Waals surface area (Å²) < 4.78 is 5.21. The Balaban J connectivity index is 2.33. The van der Waals surface area contributed by atoms with Gasteiger partial charge in [0.15, 0.2) is 0 Å². The van der Waals surface area contributed by atoms with Gasteiger partial charge in [0.05, 0.1) is 7.11 Å². The van der Waals surface area contributed by atoms with E-state index in [-0.39, 0.29) is 12.1 Å². The van der Waals surface area contributed by atoms with Crippen LogP contribution in [-0.4, -0.2) is 30.4 Å². The molecule has 19 heavy (non-hydrogen) atoms. The number of nitrogens with zero attached hydrogens (tertiary/aromatic N) is 2. The van der Waals surface area contributed by atoms with Gasteiger partial charge in [-0.15, -0.1) is 0 Å². The zero-order chi connectivity index (χ0) is 14.0. The fraction of sp³-hybridized carbons (Fsp3) is 0.429.